The zero-order valence-electron chi connectivity index (χ0n) is 15.2. The van der Waals surface area contributed by atoms with Crippen molar-refractivity contribution in [3.05, 3.63) is 35.4 Å². The number of likely N-dealkylation sites (tertiary alicyclic amines) is 2. The molecule has 0 saturated carbocycles. The normalized spacial score (nSPS) is 26.2. The van der Waals surface area contributed by atoms with Gasteiger partial charge in [0, 0.05) is 32.3 Å². The van der Waals surface area contributed by atoms with Crippen LogP contribution in [0, 0.1) is 12.3 Å². The molecular formula is C21H32N2O. The minimum absolute atomic E-state index is 0.613. The topological polar surface area (TPSA) is 15.7 Å². The third-order valence-electron chi connectivity index (χ3n) is 6.62. The van der Waals surface area contributed by atoms with Crippen LogP contribution in [0.3, 0.4) is 0 Å². The van der Waals surface area contributed by atoms with E-state index in [-0.39, 0.29) is 0 Å². The third kappa shape index (κ3) is 3.68. The van der Waals surface area contributed by atoms with Crippen LogP contribution in [-0.4, -0.2) is 55.2 Å². The van der Waals surface area contributed by atoms with E-state index >= 15 is 0 Å². The van der Waals surface area contributed by atoms with Gasteiger partial charge in [0.1, 0.15) is 0 Å². The van der Waals surface area contributed by atoms with Crippen molar-refractivity contribution in [2.75, 3.05) is 39.4 Å². The SMILES string of the molecule is Cc1ccc(CN2CCC3(CC2)CCN(C2CCOCC2)C3)cc1. The molecule has 3 aliphatic heterocycles. The van der Waals surface area contributed by atoms with Crippen LogP contribution in [0.1, 0.15) is 43.2 Å². The molecule has 0 unspecified atom stereocenters. The molecule has 1 spiro atoms. The number of piperidine rings is 1. The fourth-order valence-corrected chi connectivity index (χ4v) is 4.88. The van der Waals surface area contributed by atoms with E-state index in [0.29, 0.717) is 5.41 Å². The highest BCUT2D eigenvalue weighted by Gasteiger charge is 2.42. The van der Waals surface area contributed by atoms with Crippen molar-refractivity contribution in [1.29, 1.82) is 0 Å². The lowest BCUT2D eigenvalue weighted by molar-refractivity contribution is 0.0325. The zero-order chi connectivity index (χ0) is 16.4. The standard InChI is InChI=1S/C21H32N2O/c1-18-2-4-19(5-3-18)16-22-11-8-21(9-12-22)10-13-23(17-21)20-6-14-24-15-7-20/h2-5,20H,6-17H2,1H3. The van der Waals surface area contributed by atoms with Crippen molar-refractivity contribution >= 4 is 0 Å². The van der Waals surface area contributed by atoms with Crippen molar-refractivity contribution in [2.24, 2.45) is 5.41 Å². The molecule has 132 valence electrons. The predicted octanol–water partition coefficient (Wildman–Crippen LogP) is 3.46. The number of benzene rings is 1. The van der Waals surface area contributed by atoms with E-state index in [1.807, 2.05) is 0 Å². The molecule has 0 bridgehead atoms. The molecule has 24 heavy (non-hydrogen) atoms. The number of hydrogen-bond acceptors (Lipinski definition) is 3. The molecule has 0 radical (unpaired) electrons. The van der Waals surface area contributed by atoms with Gasteiger partial charge in [-0.15, -0.1) is 0 Å². The minimum Gasteiger partial charge on any atom is -0.381 e. The highest BCUT2D eigenvalue weighted by Crippen LogP contribution is 2.42. The summed E-state index contributed by atoms with van der Waals surface area (Å²) < 4.78 is 5.54. The van der Waals surface area contributed by atoms with Crippen molar-refractivity contribution in [1.82, 2.24) is 9.80 Å². The van der Waals surface area contributed by atoms with Gasteiger partial charge in [0.15, 0.2) is 0 Å². The molecule has 0 amide bonds. The summed E-state index contributed by atoms with van der Waals surface area (Å²) >= 11 is 0. The quantitative estimate of drug-likeness (QED) is 0.845. The van der Waals surface area contributed by atoms with Gasteiger partial charge >= 0.3 is 0 Å². The average molecular weight is 329 g/mol. The minimum atomic E-state index is 0.613. The van der Waals surface area contributed by atoms with E-state index in [1.165, 1.54) is 69.4 Å². The van der Waals surface area contributed by atoms with E-state index in [2.05, 4.69) is 41.0 Å². The number of rotatable bonds is 3. The van der Waals surface area contributed by atoms with Crippen LogP contribution in [-0.2, 0) is 11.3 Å². The van der Waals surface area contributed by atoms with E-state index in [0.717, 1.165) is 25.8 Å². The van der Waals surface area contributed by atoms with Crippen LogP contribution >= 0.6 is 0 Å². The molecule has 3 nitrogen and oxygen atoms in total. The fourth-order valence-electron chi connectivity index (χ4n) is 4.88. The van der Waals surface area contributed by atoms with E-state index < -0.39 is 0 Å². The Labute approximate surface area is 147 Å². The van der Waals surface area contributed by atoms with E-state index in [1.54, 1.807) is 0 Å². The molecule has 1 aromatic rings. The first-order valence-corrected chi connectivity index (χ1v) is 9.82. The molecular weight excluding hydrogens is 296 g/mol. The summed E-state index contributed by atoms with van der Waals surface area (Å²) in [6, 6.07) is 9.86. The van der Waals surface area contributed by atoms with Gasteiger partial charge in [0.2, 0.25) is 0 Å². The predicted molar refractivity (Wildman–Crippen MR) is 98.2 cm³/mol. The van der Waals surface area contributed by atoms with Gasteiger partial charge in [-0.05, 0) is 69.6 Å². The maximum atomic E-state index is 5.54. The Morgan fingerprint density at radius 2 is 1.67 bits per heavy atom. The number of nitrogens with zero attached hydrogens (tertiary/aromatic N) is 2. The number of ether oxygens (including phenoxy) is 1. The van der Waals surface area contributed by atoms with Crippen molar-refractivity contribution in [2.45, 2.75) is 51.6 Å². The summed E-state index contributed by atoms with van der Waals surface area (Å²) in [4.78, 5) is 5.45. The first kappa shape index (κ1) is 16.6. The lowest BCUT2D eigenvalue weighted by Crippen LogP contribution is -2.43. The number of aryl methyl sites for hydroxylation is 1. The Morgan fingerprint density at radius 1 is 1.00 bits per heavy atom. The molecule has 0 N–H and O–H groups in total. The smallest absolute Gasteiger partial charge is 0.0480 e. The van der Waals surface area contributed by atoms with Crippen LogP contribution < -0.4 is 0 Å². The summed E-state index contributed by atoms with van der Waals surface area (Å²) in [5.74, 6) is 0. The molecule has 3 saturated heterocycles. The molecule has 0 aromatic heterocycles. The lowest BCUT2D eigenvalue weighted by Gasteiger charge is -2.40. The van der Waals surface area contributed by atoms with Crippen LogP contribution in [0.25, 0.3) is 0 Å². The first-order chi connectivity index (χ1) is 11.7. The highest BCUT2D eigenvalue weighted by molar-refractivity contribution is 5.21. The molecule has 3 heterocycles. The third-order valence-corrected chi connectivity index (χ3v) is 6.62. The Bertz CT molecular complexity index is 527. The van der Waals surface area contributed by atoms with Crippen LogP contribution in [0.5, 0.6) is 0 Å². The maximum Gasteiger partial charge on any atom is 0.0480 e. The first-order valence-electron chi connectivity index (χ1n) is 9.82. The van der Waals surface area contributed by atoms with Gasteiger partial charge < -0.3 is 4.74 Å². The summed E-state index contributed by atoms with van der Waals surface area (Å²) in [7, 11) is 0. The van der Waals surface area contributed by atoms with Gasteiger partial charge in [-0.3, -0.25) is 9.80 Å². The molecule has 3 heteroatoms. The average Bonchev–Trinajstić information content (AvgIpc) is 3.04. The lowest BCUT2D eigenvalue weighted by atomic mass is 9.77. The van der Waals surface area contributed by atoms with Gasteiger partial charge in [0.25, 0.3) is 0 Å². The van der Waals surface area contributed by atoms with E-state index in [9.17, 15) is 0 Å². The van der Waals surface area contributed by atoms with Crippen molar-refractivity contribution < 1.29 is 4.74 Å². The second kappa shape index (κ2) is 7.15. The Kier molecular flexibility index (Phi) is 4.93. The van der Waals surface area contributed by atoms with Crippen molar-refractivity contribution in [3.8, 4) is 0 Å². The van der Waals surface area contributed by atoms with Crippen molar-refractivity contribution in [3.63, 3.8) is 0 Å². The fraction of sp³-hybridized carbons (Fsp3) is 0.714. The monoisotopic (exact) mass is 328 g/mol. The van der Waals surface area contributed by atoms with Crippen LogP contribution in [0.2, 0.25) is 0 Å². The molecule has 1 aromatic carbocycles. The molecule has 3 aliphatic rings. The van der Waals surface area contributed by atoms with Crippen LogP contribution in [0.4, 0.5) is 0 Å². The Morgan fingerprint density at radius 3 is 2.38 bits per heavy atom. The van der Waals surface area contributed by atoms with Gasteiger partial charge in [-0.1, -0.05) is 29.8 Å². The van der Waals surface area contributed by atoms with E-state index in [4.69, 9.17) is 4.74 Å². The van der Waals surface area contributed by atoms with Gasteiger partial charge in [-0.2, -0.15) is 0 Å². The summed E-state index contributed by atoms with van der Waals surface area (Å²) in [5.41, 5.74) is 3.43. The van der Waals surface area contributed by atoms with Gasteiger partial charge in [0.05, 0.1) is 0 Å². The Balaban J connectivity index is 1.28. The highest BCUT2D eigenvalue weighted by atomic mass is 16.5. The molecule has 4 rings (SSSR count). The zero-order valence-corrected chi connectivity index (χ0v) is 15.2. The molecule has 3 fully saturated rings. The maximum absolute atomic E-state index is 5.54. The molecule has 0 aliphatic carbocycles. The van der Waals surface area contributed by atoms with Gasteiger partial charge in [-0.25, -0.2) is 0 Å². The summed E-state index contributed by atoms with van der Waals surface area (Å²) in [6.07, 6.45) is 6.69. The Hall–Kier alpha value is -0.900. The van der Waals surface area contributed by atoms with Crippen LogP contribution in [0.15, 0.2) is 24.3 Å². The second-order valence-corrected chi connectivity index (χ2v) is 8.33. The summed E-state index contributed by atoms with van der Waals surface area (Å²) in [6.45, 7) is 10.4. The number of hydrogen-bond donors (Lipinski definition) is 0. The largest absolute Gasteiger partial charge is 0.381 e. The summed E-state index contributed by atoms with van der Waals surface area (Å²) in [5, 5.41) is 0. The molecule has 0 atom stereocenters. The second-order valence-electron chi connectivity index (χ2n) is 8.33.